The van der Waals surface area contributed by atoms with E-state index < -0.39 is 0 Å². The summed E-state index contributed by atoms with van der Waals surface area (Å²) in [6.07, 6.45) is 2.06. The maximum absolute atomic E-state index is 6.57. The van der Waals surface area contributed by atoms with Crippen LogP contribution in [0.25, 0.3) is 54.4 Å². The molecule has 0 fully saturated rings. The predicted octanol–water partition coefficient (Wildman–Crippen LogP) is 9.44. The van der Waals surface area contributed by atoms with Gasteiger partial charge in [-0.1, -0.05) is 51.1 Å². The zero-order valence-electron chi connectivity index (χ0n) is 20.2. The third kappa shape index (κ3) is 3.19. The first kappa shape index (κ1) is 21.1. The number of nitrogens with zero attached hydrogens (tertiary/aromatic N) is 1. The average Bonchev–Trinajstić information content (AvgIpc) is 3.42. The van der Waals surface area contributed by atoms with Crippen LogP contribution in [0.1, 0.15) is 37.5 Å². The lowest BCUT2D eigenvalue weighted by atomic mass is 9.80. The second kappa shape index (κ2) is 7.54. The first-order valence-corrected chi connectivity index (χ1v) is 12.6. The average molecular weight is 462 g/mol. The number of benzene rings is 3. The molecule has 0 spiro atoms. The number of rotatable bonds is 2. The highest BCUT2D eigenvalue weighted by Crippen LogP contribution is 2.42. The molecule has 34 heavy (non-hydrogen) atoms. The molecule has 3 heterocycles. The van der Waals surface area contributed by atoms with Gasteiger partial charge in [-0.2, -0.15) is 0 Å². The number of aryl methyl sites for hydroxylation is 2. The number of aromatic nitrogens is 1. The molecule has 0 bridgehead atoms. The molecule has 3 aromatic heterocycles. The minimum absolute atomic E-state index is 0.0223. The summed E-state index contributed by atoms with van der Waals surface area (Å²) in [5.74, 6) is 0. The number of thiophene rings is 1. The maximum atomic E-state index is 6.57. The van der Waals surface area contributed by atoms with Crippen LogP contribution in [0.4, 0.5) is 0 Å². The van der Waals surface area contributed by atoms with E-state index in [1.807, 2.05) is 0 Å². The monoisotopic (exact) mass is 461 g/mol. The van der Waals surface area contributed by atoms with Gasteiger partial charge in [0.1, 0.15) is 11.2 Å². The Morgan fingerprint density at radius 1 is 0.765 bits per heavy atom. The molecule has 6 rings (SSSR count). The van der Waals surface area contributed by atoms with E-state index in [0.29, 0.717) is 0 Å². The van der Waals surface area contributed by atoms with E-state index in [1.54, 1.807) is 11.3 Å². The highest BCUT2D eigenvalue weighted by atomic mass is 32.1. The van der Waals surface area contributed by atoms with Crippen molar-refractivity contribution in [2.45, 2.75) is 40.0 Å². The van der Waals surface area contributed by atoms with Crippen molar-refractivity contribution in [3.8, 4) is 22.4 Å². The first-order chi connectivity index (χ1) is 16.3. The number of fused-ring (bicyclic) bond motifs is 5. The normalized spacial score (nSPS) is 12.3. The zero-order valence-corrected chi connectivity index (χ0v) is 21.0. The summed E-state index contributed by atoms with van der Waals surface area (Å²) in [6, 6.07) is 21.7. The highest BCUT2D eigenvalue weighted by Gasteiger charge is 2.23. The third-order valence-electron chi connectivity index (χ3n) is 6.83. The van der Waals surface area contributed by atoms with Crippen molar-refractivity contribution in [1.29, 1.82) is 0 Å². The number of hydrogen-bond donors (Lipinski definition) is 0. The van der Waals surface area contributed by atoms with Crippen LogP contribution in [-0.4, -0.2) is 4.98 Å². The summed E-state index contributed by atoms with van der Waals surface area (Å²) in [6.45, 7) is 11.2. The van der Waals surface area contributed by atoms with Crippen LogP contribution in [-0.2, 0) is 5.41 Å². The van der Waals surface area contributed by atoms with E-state index in [0.717, 1.165) is 33.2 Å². The lowest BCUT2D eigenvalue weighted by molar-refractivity contribution is 0.589. The second-order valence-corrected chi connectivity index (χ2v) is 11.1. The van der Waals surface area contributed by atoms with Crippen LogP contribution in [0.15, 0.2) is 76.7 Å². The summed E-state index contributed by atoms with van der Waals surface area (Å²) >= 11 is 1.75. The Labute approximate surface area is 203 Å². The molecule has 3 heteroatoms. The third-order valence-corrected chi connectivity index (χ3v) is 7.72. The number of pyridine rings is 1. The molecular formula is C31H27NOS. The molecule has 0 amide bonds. The van der Waals surface area contributed by atoms with Crippen molar-refractivity contribution in [2.75, 3.05) is 0 Å². The topological polar surface area (TPSA) is 26.0 Å². The fourth-order valence-corrected chi connectivity index (χ4v) is 5.93. The van der Waals surface area contributed by atoms with Gasteiger partial charge in [-0.05, 0) is 82.8 Å². The summed E-state index contributed by atoms with van der Waals surface area (Å²) in [7, 11) is 0. The quantitative estimate of drug-likeness (QED) is 0.257. The van der Waals surface area contributed by atoms with Crippen LogP contribution in [0, 0.1) is 13.8 Å². The largest absolute Gasteiger partial charge is 0.455 e. The van der Waals surface area contributed by atoms with Crippen molar-refractivity contribution >= 4 is 43.4 Å². The summed E-state index contributed by atoms with van der Waals surface area (Å²) in [5.41, 5.74) is 10.2. The van der Waals surface area contributed by atoms with Crippen LogP contribution in [0.5, 0.6) is 0 Å². The van der Waals surface area contributed by atoms with Crippen molar-refractivity contribution < 1.29 is 4.42 Å². The van der Waals surface area contributed by atoms with E-state index >= 15 is 0 Å². The van der Waals surface area contributed by atoms with E-state index in [9.17, 15) is 0 Å². The van der Waals surface area contributed by atoms with Crippen LogP contribution < -0.4 is 0 Å². The van der Waals surface area contributed by atoms with E-state index in [4.69, 9.17) is 9.40 Å². The van der Waals surface area contributed by atoms with Gasteiger partial charge in [0.2, 0.25) is 0 Å². The molecule has 0 saturated heterocycles. The fourth-order valence-electron chi connectivity index (χ4n) is 5.15. The van der Waals surface area contributed by atoms with Crippen LogP contribution in [0.3, 0.4) is 0 Å². The zero-order chi connectivity index (χ0) is 23.6. The minimum Gasteiger partial charge on any atom is -0.455 e. The molecule has 0 N–H and O–H groups in total. The molecule has 0 aliphatic heterocycles. The molecule has 0 aliphatic carbocycles. The first-order valence-electron chi connectivity index (χ1n) is 11.7. The van der Waals surface area contributed by atoms with Crippen molar-refractivity contribution in [3.05, 3.63) is 88.9 Å². The summed E-state index contributed by atoms with van der Waals surface area (Å²) in [4.78, 5) is 4.98. The smallest absolute Gasteiger partial charge is 0.144 e. The Bertz CT molecular complexity index is 1690. The molecule has 6 aromatic rings. The SMILES string of the molecule is Cc1cccc(C)c1-c1cc(-c2cccc3c2oc2c4ccsc4ccc32)ncc1C(C)(C)C. The molecule has 168 valence electrons. The van der Waals surface area contributed by atoms with Crippen molar-refractivity contribution in [2.24, 2.45) is 0 Å². The van der Waals surface area contributed by atoms with Gasteiger partial charge in [0.15, 0.2) is 0 Å². The maximum Gasteiger partial charge on any atom is 0.144 e. The van der Waals surface area contributed by atoms with Gasteiger partial charge in [-0.15, -0.1) is 11.3 Å². The predicted molar refractivity (Wildman–Crippen MR) is 146 cm³/mol. The lowest BCUT2D eigenvalue weighted by Gasteiger charge is -2.25. The lowest BCUT2D eigenvalue weighted by Crippen LogP contribution is -2.14. The van der Waals surface area contributed by atoms with Gasteiger partial charge in [0.05, 0.1) is 5.69 Å². The Morgan fingerprint density at radius 3 is 2.26 bits per heavy atom. The Kier molecular flexibility index (Phi) is 4.69. The molecular weight excluding hydrogens is 434 g/mol. The minimum atomic E-state index is -0.0223. The molecule has 0 aliphatic rings. The summed E-state index contributed by atoms with van der Waals surface area (Å²) < 4.78 is 7.82. The van der Waals surface area contributed by atoms with Crippen LogP contribution >= 0.6 is 11.3 Å². The van der Waals surface area contributed by atoms with Gasteiger partial charge >= 0.3 is 0 Å². The number of hydrogen-bond acceptors (Lipinski definition) is 3. The van der Waals surface area contributed by atoms with E-state index in [-0.39, 0.29) is 5.41 Å². The highest BCUT2D eigenvalue weighted by molar-refractivity contribution is 7.17. The summed E-state index contributed by atoms with van der Waals surface area (Å²) in [5, 5.41) is 5.60. The molecule has 0 radical (unpaired) electrons. The van der Waals surface area contributed by atoms with Crippen LogP contribution in [0.2, 0.25) is 0 Å². The standard InChI is InChI=1S/C31H27NOS/c1-18-8-6-9-19(2)28(18)24-16-26(32-17-25(24)31(3,4)5)22-11-7-10-20-21-12-13-27-23(14-15-34-27)30(21)33-29(20)22/h6-17H,1-5H3. The molecule has 3 aromatic carbocycles. The van der Waals surface area contributed by atoms with Crippen molar-refractivity contribution in [3.63, 3.8) is 0 Å². The Balaban J connectivity index is 1.65. The number of furan rings is 1. The Morgan fingerprint density at radius 2 is 1.50 bits per heavy atom. The molecule has 2 nitrogen and oxygen atoms in total. The van der Waals surface area contributed by atoms with Gasteiger partial charge < -0.3 is 4.42 Å². The van der Waals surface area contributed by atoms with Gasteiger partial charge in [-0.25, -0.2) is 0 Å². The van der Waals surface area contributed by atoms with Crippen molar-refractivity contribution in [1.82, 2.24) is 4.98 Å². The van der Waals surface area contributed by atoms with Gasteiger partial charge in [0, 0.05) is 32.6 Å². The number of para-hydroxylation sites is 1. The van der Waals surface area contributed by atoms with Gasteiger partial charge in [-0.3, -0.25) is 4.98 Å². The Hall–Kier alpha value is -3.43. The van der Waals surface area contributed by atoms with Gasteiger partial charge in [0.25, 0.3) is 0 Å². The van der Waals surface area contributed by atoms with E-state index in [2.05, 4.69) is 107 Å². The van der Waals surface area contributed by atoms with E-state index in [1.165, 1.54) is 37.9 Å². The molecule has 0 atom stereocenters. The molecule has 0 saturated carbocycles. The fraction of sp³-hybridized carbons (Fsp3) is 0.194. The second-order valence-electron chi connectivity index (χ2n) is 10.2. The molecule has 0 unspecified atom stereocenters.